The van der Waals surface area contributed by atoms with E-state index in [2.05, 4.69) is 22.0 Å². The molecule has 0 aromatic heterocycles. The van der Waals surface area contributed by atoms with Gasteiger partial charge in [-0.15, -0.1) is 0 Å². The summed E-state index contributed by atoms with van der Waals surface area (Å²) in [4.78, 5) is 10.3. The minimum Gasteiger partial charge on any atom is -0.258 e. The van der Waals surface area contributed by atoms with Crippen molar-refractivity contribution in [2.75, 3.05) is 0 Å². The summed E-state index contributed by atoms with van der Waals surface area (Å²) in [6.45, 7) is 0. The van der Waals surface area contributed by atoms with Gasteiger partial charge in [0.15, 0.2) is 0 Å². The van der Waals surface area contributed by atoms with Crippen molar-refractivity contribution in [3.63, 3.8) is 0 Å². The fourth-order valence-electron chi connectivity index (χ4n) is 1.69. The van der Waals surface area contributed by atoms with Crippen molar-refractivity contribution in [3.05, 3.63) is 74.2 Å². The third kappa shape index (κ3) is 3.31. The Hall–Kier alpha value is -2.45. The number of allylic oxidation sites excluding steroid dienone is 1. The lowest BCUT2D eigenvalue weighted by atomic mass is 10.0. The topological polar surface area (TPSA) is 66.9 Å². The molecule has 0 saturated heterocycles. The number of nitrogens with zero attached hydrogens (tertiary/aromatic N) is 2. The maximum Gasteiger partial charge on any atom is 0.270 e. The molecule has 0 amide bonds. The van der Waals surface area contributed by atoms with Crippen LogP contribution in [0.25, 0.3) is 11.6 Å². The van der Waals surface area contributed by atoms with Gasteiger partial charge in [0, 0.05) is 16.6 Å². The fraction of sp³-hybridized carbons (Fsp3) is 0. The van der Waals surface area contributed by atoms with Gasteiger partial charge in [0.25, 0.3) is 5.69 Å². The molecule has 0 atom stereocenters. The number of hydrogen-bond donors (Lipinski definition) is 0. The Kier molecular flexibility index (Phi) is 4.28. The fourth-order valence-corrected chi connectivity index (χ4v) is 1.96. The Labute approximate surface area is 124 Å². The number of nitriles is 1. The lowest BCUT2D eigenvalue weighted by Crippen LogP contribution is -1.89. The maximum atomic E-state index is 10.8. The van der Waals surface area contributed by atoms with E-state index in [-0.39, 0.29) is 5.69 Å². The van der Waals surface area contributed by atoms with Gasteiger partial charge in [0.1, 0.15) is 0 Å². The van der Waals surface area contributed by atoms with Crippen LogP contribution in [0.15, 0.2) is 53.0 Å². The first-order valence-corrected chi connectivity index (χ1v) is 6.51. The molecule has 2 aromatic carbocycles. The number of nitro groups is 1. The van der Waals surface area contributed by atoms with Crippen LogP contribution in [0.4, 0.5) is 5.69 Å². The first kappa shape index (κ1) is 14.0. The molecular formula is C15H9BrN2O2. The van der Waals surface area contributed by atoms with Crippen molar-refractivity contribution < 1.29 is 4.92 Å². The highest BCUT2D eigenvalue weighted by atomic mass is 79.9. The number of hydrogen-bond acceptors (Lipinski definition) is 3. The van der Waals surface area contributed by atoms with Crippen LogP contribution in [0, 0.1) is 21.4 Å². The Bertz CT molecular complexity index is 715. The lowest BCUT2D eigenvalue weighted by Gasteiger charge is -2.00. The summed E-state index contributed by atoms with van der Waals surface area (Å²) < 4.78 is 0.948. The average molecular weight is 329 g/mol. The van der Waals surface area contributed by atoms with E-state index in [0.29, 0.717) is 11.1 Å². The summed E-state index contributed by atoms with van der Waals surface area (Å²) in [6.07, 6.45) is 1.70. The summed E-state index contributed by atoms with van der Waals surface area (Å²) >= 11 is 3.34. The minimum absolute atomic E-state index is 0.0283. The Morgan fingerprint density at radius 1 is 1.25 bits per heavy atom. The standard InChI is InChI=1S/C15H9BrN2O2/c16-14-6-4-11(5-7-14)8-13(10-17)12-2-1-3-15(9-12)18(19)20/h1-9H/b13-8-. The van der Waals surface area contributed by atoms with E-state index in [1.165, 1.54) is 12.1 Å². The monoisotopic (exact) mass is 328 g/mol. The van der Waals surface area contributed by atoms with E-state index in [9.17, 15) is 15.4 Å². The van der Waals surface area contributed by atoms with Gasteiger partial charge in [0.2, 0.25) is 0 Å². The number of halogens is 1. The molecule has 20 heavy (non-hydrogen) atoms. The number of nitro benzene ring substituents is 1. The normalized spacial score (nSPS) is 10.9. The molecule has 0 saturated carbocycles. The molecule has 0 fully saturated rings. The number of rotatable bonds is 3. The molecule has 2 rings (SSSR count). The molecule has 0 unspecified atom stereocenters. The third-order valence-corrected chi connectivity index (χ3v) is 3.20. The lowest BCUT2D eigenvalue weighted by molar-refractivity contribution is -0.384. The molecular weight excluding hydrogens is 320 g/mol. The van der Waals surface area contributed by atoms with Gasteiger partial charge in [-0.05, 0) is 29.3 Å². The van der Waals surface area contributed by atoms with E-state index >= 15 is 0 Å². The summed E-state index contributed by atoms with van der Waals surface area (Å²) in [7, 11) is 0. The second-order valence-electron chi connectivity index (χ2n) is 4.03. The molecule has 0 bridgehead atoms. The summed E-state index contributed by atoms with van der Waals surface area (Å²) in [6, 6.07) is 15.6. The summed E-state index contributed by atoms with van der Waals surface area (Å²) in [5.74, 6) is 0. The van der Waals surface area contributed by atoms with Crippen molar-refractivity contribution in [2.45, 2.75) is 0 Å². The zero-order valence-corrected chi connectivity index (χ0v) is 11.9. The molecule has 0 N–H and O–H groups in total. The van der Waals surface area contributed by atoms with Crippen molar-refractivity contribution >= 4 is 33.3 Å². The van der Waals surface area contributed by atoms with Gasteiger partial charge >= 0.3 is 0 Å². The summed E-state index contributed by atoms with van der Waals surface area (Å²) in [5.41, 5.74) is 1.75. The van der Waals surface area contributed by atoms with Crippen LogP contribution >= 0.6 is 15.9 Å². The van der Waals surface area contributed by atoms with Crippen molar-refractivity contribution in [2.24, 2.45) is 0 Å². The quantitative estimate of drug-likeness (QED) is 0.362. The molecule has 0 radical (unpaired) electrons. The van der Waals surface area contributed by atoms with Crippen LogP contribution in [-0.2, 0) is 0 Å². The highest BCUT2D eigenvalue weighted by Crippen LogP contribution is 2.22. The van der Waals surface area contributed by atoms with Gasteiger partial charge in [-0.3, -0.25) is 10.1 Å². The summed E-state index contributed by atoms with van der Waals surface area (Å²) in [5, 5.41) is 20.0. The Balaban J connectivity index is 2.42. The predicted octanol–water partition coefficient (Wildman–Crippen LogP) is 4.42. The minimum atomic E-state index is -0.474. The van der Waals surface area contributed by atoms with E-state index in [4.69, 9.17) is 0 Å². The highest BCUT2D eigenvalue weighted by Gasteiger charge is 2.08. The molecule has 0 heterocycles. The SMILES string of the molecule is N#C/C(=C/c1ccc(Br)cc1)c1cccc([N+](=O)[O-])c1. The smallest absolute Gasteiger partial charge is 0.258 e. The average Bonchev–Trinajstić information content (AvgIpc) is 2.46. The zero-order chi connectivity index (χ0) is 14.5. The molecule has 0 aliphatic rings. The van der Waals surface area contributed by atoms with E-state index in [0.717, 1.165) is 10.0 Å². The molecule has 0 aliphatic carbocycles. The van der Waals surface area contributed by atoms with Gasteiger partial charge in [-0.2, -0.15) is 5.26 Å². The van der Waals surface area contributed by atoms with Gasteiger partial charge in [-0.25, -0.2) is 0 Å². The Morgan fingerprint density at radius 2 is 1.95 bits per heavy atom. The van der Waals surface area contributed by atoms with Crippen LogP contribution in [-0.4, -0.2) is 4.92 Å². The van der Waals surface area contributed by atoms with E-state index in [1.807, 2.05) is 24.3 Å². The van der Waals surface area contributed by atoms with Gasteiger partial charge in [-0.1, -0.05) is 40.2 Å². The van der Waals surface area contributed by atoms with Crippen molar-refractivity contribution in [1.29, 1.82) is 5.26 Å². The van der Waals surface area contributed by atoms with E-state index < -0.39 is 4.92 Å². The zero-order valence-electron chi connectivity index (χ0n) is 10.3. The molecule has 0 spiro atoms. The maximum absolute atomic E-state index is 10.8. The van der Waals surface area contributed by atoms with Crippen molar-refractivity contribution in [1.82, 2.24) is 0 Å². The van der Waals surface area contributed by atoms with Crippen LogP contribution in [0.5, 0.6) is 0 Å². The first-order valence-electron chi connectivity index (χ1n) is 5.72. The van der Waals surface area contributed by atoms with Gasteiger partial charge in [0.05, 0.1) is 16.6 Å². The van der Waals surface area contributed by atoms with E-state index in [1.54, 1.807) is 18.2 Å². The van der Waals surface area contributed by atoms with Crippen LogP contribution in [0.3, 0.4) is 0 Å². The molecule has 4 nitrogen and oxygen atoms in total. The van der Waals surface area contributed by atoms with Crippen LogP contribution in [0.2, 0.25) is 0 Å². The largest absolute Gasteiger partial charge is 0.270 e. The second-order valence-corrected chi connectivity index (χ2v) is 4.94. The third-order valence-electron chi connectivity index (χ3n) is 2.67. The molecule has 2 aromatic rings. The molecule has 5 heteroatoms. The van der Waals surface area contributed by atoms with Crippen LogP contribution in [0.1, 0.15) is 11.1 Å². The van der Waals surface area contributed by atoms with Gasteiger partial charge < -0.3 is 0 Å². The van der Waals surface area contributed by atoms with Crippen LogP contribution < -0.4 is 0 Å². The number of non-ortho nitro benzene ring substituents is 1. The highest BCUT2D eigenvalue weighted by molar-refractivity contribution is 9.10. The number of benzene rings is 2. The first-order chi connectivity index (χ1) is 9.60. The molecule has 0 aliphatic heterocycles. The second kappa shape index (κ2) is 6.13. The Morgan fingerprint density at radius 3 is 2.55 bits per heavy atom. The molecule has 98 valence electrons. The predicted molar refractivity (Wildman–Crippen MR) is 80.7 cm³/mol. The van der Waals surface area contributed by atoms with Crippen molar-refractivity contribution in [3.8, 4) is 6.07 Å².